The maximum absolute atomic E-state index is 12.8. The van der Waals surface area contributed by atoms with Gasteiger partial charge in [-0.05, 0) is 30.2 Å². The van der Waals surface area contributed by atoms with E-state index in [1.807, 2.05) is 23.1 Å². The smallest absolute Gasteiger partial charge is 0.387 e. The van der Waals surface area contributed by atoms with E-state index in [4.69, 9.17) is 0 Å². The van der Waals surface area contributed by atoms with Gasteiger partial charge in [-0.25, -0.2) is 0 Å². The Hall–Kier alpha value is -3.00. The van der Waals surface area contributed by atoms with Gasteiger partial charge < -0.3 is 14.5 Å². The fourth-order valence-electron chi connectivity index (χ4n) is 4.17. The van der Waals surface area contributed by atoms with E-state index >= 15 is 0 Å². The number of ether oxygens (including phenoxy) is 1. The van der Waals surface area contributed by atoms with Gasteiger partial charge in [-0.1, -0.05) is 30.3 Å². The van der Waals surface area contributed by atoms with Gasteiger partial charge in [0.05, 0.1) is 5.56 Å². The van der Waals surface area contributed by atoms with E-state index in [1.165, 1.54) is 17.7 Å². The van der Waals surface area contributed by atoms with Crippen molar-refractivity contribution in [3.8, 4) is 5.75 Å². The molecule has 8 heteroatoms. The minimum atomic E-state index is -2.98. The number of hydrogen-bond donors (Lipinski definition) is 0. The van der Waals surface area contributed by atoms with Crippen molar-refractivity contribution in [1.82, 2.24) is 9.80 Å². The molecule has 0 unspecified atom stereocenters. The molecule has 0 N–H and O–H groups in total. The highest BCUT2D eigenvalue weighted by Gasteiger charge is 2.27. The number of fused-ring (bicyclic) bond motifs is 1. The molecule has 2 aliphatic rings. The van der Waals surface area contributed by atoms with Crippen molar-refractivity contribution in [2.24, 2.45) is 0 Å². The van der Waals surface area contributed by atoms with E-state index in [9.17, 15) is 18.4 Å². The molecule has 0 radical (unpaired) electrons. The molecule has 2 aromatic rings. The number of rotatable bonds is 6. The lowest BCUT2D eigenvalue weighted by atomic mass is 10.1. The molecule has 1 saturated heterocycles. The number of halogens is 2. The van der Waals surface area contributed by atoms with Crippen molar-refractivity contribution in [1.29, 1.82) is 0 Å². The number of para-hydroxylation sites is 2. The van der Waals surface area contributed by atoms with Crippen LogP contribution in [0.5, 0.6) is 5.75 Å². The van der Waals surface area contributed by atoms with Crippen LogP contribution in [0.1, 0.15) is 22.3 Å². The lowest BCUT2D eigenvalue weighted by molar-refractivity contribution is -0.118. The second kappa shape index (κ2) is 9.43. The SMILES string of the molecule is O=C(c1ccccc1OC(F)F)N1CCN(CCC(=O)N2CCc3ccccc32)CC1. The average molecular weight is 429 g/mol. The molecule has 2 heterocycles. The van der Waals surface area contributed by atoms with Gasteiger partial charge in [-0.15, -0.1) is 0 Å². The van der Waals surface area contributed by atoms with Crippen LogP contribution < -0.4 is 9.64 Å². The molecule has 0 atom stereocenters. The monoisotopic (exact) mass is 429 g/mol. The Morgan fingerprint density at radius 3 is 2.42 bits per heavy atom. The summed E-state index contributed by atoms with van der Waals surface area (Å²) in [4.78, 5) is 31.1. The number of hydrogen-bond acceptors (Lipinski definition) is 4. The van der Waals surface area contributed by atoms with Gasteiger partial charge >= 0.3 is 6.61 Å². The van der Waals surface area contributed by atoms with E-state index in [0.717, 1.165) is 18.7 Å². The molecule has 0 aromatic heterocycles. The number of benzene rings is 2. The van der Waals surface area contributed by atoms with Gasteiger partial charge in [0, 0.05) is 51.4 Å². The molecule has 0 aliphatic carbocycles. The maximum atomic E-state index is 12.8. The number of amides is 2. The van der Waals surface area contributed by atoms with Crippen molar-refractivity contribution in [2.45, 2.75) is 19.5 Å². The Morgan fingerprint density at radius 1 is 0.935 bits per heavy atom. The molecular weight excluding hydrogens is 404 g/mol. The van der Waals surface area contributed by atoms with Crippen LogP contribution in [-0.2, 0) is 11.2 Å². The topological polar surface area (TPSA) is 53.1 Å². The minimum Gasteiger partial charge on any atom is -0.434 e. The highest BCUT2D eigenvalue weighted by molar-refractivity contribution is 5.97. The minimum absolute atomic E-state index is 0.110. The molecule has 0 spiro atoms. The predicted molar refractivity (Wildman–Crippen MR) is 113 cm³/mol. The first kappa shape index (κ1) is 21.2. The van der Waals surface area contributed by atoms with Crippen LogP contribution in [0.25, 0.3) is 0 Å². The van der Waals surface area contributed by atoms with Gasteiger partial charge in [0.1, 0.15) is 5.75 Å². The van der Waals surface area contributed by atoms with Crippen molar-refractivity contribution in [2.75, 3.05) is 44.2 Å². The maximum Gasteiger partial charge on any atom is 0.387 e. The van der Waals surface area contributed by atoms with E-state index in [2.05, 4.69) is 15.7 Å². The van der Waals surface area contributed by atoms with Crippen molar-refractivity contribution in [3.05, 3.63) is 59.7 Å². The summed E-state index contributed by atoms with van der Waals surface area (Å²) in [7, 11) is 0. The normalized spacial score (nSPS) is 16.5. The van der Waals surface area contributed by atoms with Gasteiger partial charge in [0.25, 0.3) is 5.91 Å². The Morgan fingerprint density at radius 2 is 1.65 bits per heavy atom. The van der Waals surface area contributed by atoms with E-state index in [0.29, 0.717) is 39.1 Å². The zero-order valence-corrected chi connectivity index (χ0v) is 17.2. The summed E-state index contributed by atoms with van der Waals surface area (Å²) in [5.74, 6) is -0.316. The third kappa shape index (κ3) is 4.85. The molecule has 164 valence electrons. The van der Waals surface area contributed by atoms with E-state index in [-0.39, 0.29) is 23.1 Å². The standard InChI is InChI=1S/C23H25F2N3O3/c24-23(25)31-20-8-4-2-6-18(20)22(30)27-15-13-26(14-16-27)11-10-21(29)28-12-9-17-5-1-3-7-19(17)28/h1-8,23H,9-16H2. The summed E-state index contributed by atoms with van der Waals surface area (Å²) >= 11 is 0. The summed E-state index contributed by atoms with van der Waals surface area (Å²) in [6.45, 7) is 0.586. The molecule has 2 aliphatic heterocycles. The molecule has 0 bridgehead atoms. The molecule has 0 saturated carbocycles. The first-order valence-corrected chi connectivity index (χ1v) is 10.5. The zero-order chi connectivity index (χ0) is 21.8. The zero-order valence-electron chi connectivity index (χ0n) is 17.2. The molecule has 1 fully saturated rings. The first-order valence-electron chi connectivity index (χ1n) is 10.5. The lowest BCUT2D eigenvalue weighted by Gasteiger charge is -2.35. The highest BCUT2D eigenvalue weighted by atomic mass is 19.3. The largest absolute Gasteiger partial charge is 0.434 e. The van der Waals surface area contributed by atoms with Crippen molar-refractivity contribution < 1.29 is 23.1 Å². The van der Waals surface area contributed by atoms with Crippen LogP contribution in [-0.4, -0.2) is 67.5 Å². The Kier molecular flexibility index (Phi) is 6.46. The van der Waals surface area contributed by atoms with Crippen LogP contribution in [0.2, 0.25) is 0 Å². The number of alkyl halides is 2. The Balaban J connectivity index is 1.28. The van der Waals surface area contributed by atoms with Gasteiger partial charge in [0.2, 0.25) is 5.91 Å². The van der Waals surface area contributed by atoms with Crippen LogP contribution >= 0.6 is 0 Å². The van der Waals surface area contributed by atoms with Gasteiger partial charge in [-0.2, -0.15) is 8.78 Å². The average Bonchev–Trinajstić information content (AvgIpc) is 3.22. The van der Waals surface area contributed by atoms with E-state index < -0.39 is 6.61 Å². The Bertz CT molecular complexity index is 945. The van der Waals surface area contributed by atoms with Crippen molar-refractivity contribution >= 4 is 17.5 Å². The lowest BCUT2D eigenvalue weighted by Crippen LogP contribution is -2.49. The number of carbonyl (C=O) groups excluding carboxylic acids is 2. The van der Waals surface area contributed by atoms with Crippen LogP contribution in [0.15, 0.2) is 48.5 Å². The molecule has 4 rings (SSSR count). The molecule has 6 nitrogen and oxygen atoms in total. The second-order valence-electron chi connectivity index (χ2n) is 7.68. The van der Waals surface area contributed by atoms with Crippen LogP contribution in [0.3, 0.4) is 0 Å². The van der Waals surface area contributed by atoms with E-state index in [1.54, 1.807) is 17.0 Å². The Labute approximate surface area is 180 Å². The predicted octanol–water partition coefficient (Wildman–Crippen LogP) is 3.03. The second-order valence-corrected chi connectivity index (χ2v) is 7.68. The quantitative estimate of drug-likeness (QED) is 0.709. The summed E-state index contributed by atoms with van der Waals surface area (Å²) in [5, 5.41) is 0. The molecular formula is C23H25F2N3O3. The van der Waals surface area contributed by atoms with Crippen LogP contribution in [0.4, 0.5) is 14.5 Å². The molecule has 2 amide bonds. The first-order chi connectivity index (χ1) is 15.0. The summed E-state index contributed by atoms with van der Waals surface area (Å²) in [6, 6.07) is 14.0. The third-order valence-electron chi connectivity index (χ3n) is 5.82. The van der Waals surface area contributed by atoms with Crippen LogP contribution in [0, 0.1) is 0 Å². The molecule has 2 aromatic carbocycles. The molecule has 31 heavy (non-hydrogen) atoms. The van der Waals surface area contributed by atoms with Gasteiger partial charge in [-0.3, -0.25) is 14.5 Å². The van der Waals surface area contributed by atoms with Crippen molar-refractivity contribution in [3.63, 3.8) is 0 Å². The summed E-state index contributed by atoms with van der Waals surface area (Å²) in [6.07, 6.45) is 1.31. The third-order valence-corrected chi connectivity index (χ3v) is 5.82. The fourth-order valence-corrected chi connectivity index (χ4v) is 4.17. The number of nitrogens with zero attached hydrogens (tertiary/aromatic N) is 3. The summed E-state index contributed by atoms with van der Waals surface area (Å²) in [5.41, 5.74) is 2.35. The highest BCUT2D eigenvalue weighted by Crippen LogP contribution is 2.28. The number of anilines is 1. The summed E-state index contributed by atoms with van der Waals surface area (Å²) < 4.78 is 29.7. The number of piperazine rings is 1. The fraction of sp³-hybridized carbons (Fsp3) is 0.391. The number of carbonyl (C=O) groups is 2. The van der Waals surface area contributed by atoms with Gasteiger partial charge in [0.15, 0.2) is 0 Å².